The fourth-order valence-corrected chi connectivity index (χ4v) is 1.79. The Bertz CT molecular complexity index is 332. The predicted molar refractivity (Wildman–Crippen MR) is 62.4 cm³/mol. The van der Waals surface area contributed by atoms with E-state index in [1.165, 1.54) is 0 Å². The standard InChI is InChI=1S/C12H18N2O3/c15-12(14-4-7-16-8-5-14)1-3-13-9-11-2-6-17-10-11/h2,6,10,13H,1,3-5,7-9H2. The summed E-state index contributed by atoms with van der Waals surface area (Å²) in [5.74, 6) is 0.202. The van der Waals surface area contributed by atoms with Gasteiger partial charge in [0.05, 0.1) is 25.7 Å². The highest BCUT2D eigenvalue weighted by molar-refractivity contribution is 5.76. The third kappa shape index (κ3) is 3.87. The van der Waals surface area contributed by atoms with Gasteiger partial charge in [0.2, 0.25) is 5.91 Å². The number of hydrogen-bond acceptors (Lipinski definition) is 4. The van der Waals surface area contributed by atoms with E-state index in [1.807, 2.05) is 11.0 Å². The van der Waals surface area contributed by atoms with E-state index in [0.717, 1.165) is 25.2 Å². The van der Waals surface area contributed by atoms with Gasteiger partial charge in [-0.3, -0.25) is 4.79 Å². The molecule has 0 spiro atoms. The summed E-state index contributed by atoms with van der Waals surface area (Å²) in [5, 5.41) is 3.22. The number of carbonyl (C=O) groups is 1. The van der Waals surface area contributed by atoms with Gasteiger partial charge in [-0.1, -0.05) is 0 Å². The van der Waals surface area contributed by atoms with Gasteiger partial charge in [-0.25, -0.2) is 0 Å². The van der Waals surface area contributed by atoms with Crippen LogP contribution >= 0.6 is 0 Å². The van der Waals surface area contributed by atoms with Gasteiger partial charge in [-0.2, -0.15) is 0 Å². The second-order valence-corrected chi connectivity index (χ2v) is 4.05. The number of amides is 1. The van der Waals surface area contributed by atoms with Crippen molar-refractivity contribution in [2.24, 2.45) is 0 Å². The summed E-state index contributed by atoms with van der Waals surface area (Å²) in [4.78, 5) is 13.6. The molecule has 1 amide bonds. The van der Waals surface area contributed by atoms with Crippen molar-refractivity contribution in [3.63, 3.8) is 0 Å². The van der Waals surface area contributed by atoms with Gasteiger partial charge in [0.1, 0.15) is 0 Å². The lowest BCUT2D eigenvalue weighted by Gasteiger charge is -2.26. The Labute approximate surface area is 101 Å². The van der Waals surface area contributed by atoms with Crippen LogP contribution in [0.4, 0.5) is 0 Å². The average molecular weight is 238 g/mol. The Kier molecular flexibility index (Phi) is 4.58. The van der Waals surface area contributed by atoms with Gasteiger partial charge in [0.15, 0.2) is 0 Å². The van der Waals surface area contributed by atoms with Crippen LogP contribution in [0.25, 0.3) is 0 Å². The van der Waals surface area contributed by atoms with E-state index >= 15 is 0 Å². The summed E-state index contributed by atoms with van der Waals surface area (Å²) in [6.45, 7) is 4.21. The summed E-state index contributed by atoms with van der Waals surface area (Å²) >= 11 is 0. The molecule has 2 rings (SSSR count). The first-order valence-electron chi connectivity index (χ1n) is 5.93. The predicted octanol–water partition coefficient (Wildman–Crippen LogP) is 0.618. The van der Waals surface area contributed by atoms with Gasteiger partial charge in [-0.15, -0.1) is 0 Å². The van der Waals surface area contributed by atoms with Crippen LogP contribution in [0.1, 0.15) is 12.0 Å². The zero-order valence-corrected chi connectivity index (χ0v) is 9.85. The van der Waals surface area contributed by atoms with Crippen molar-refractivity contribution < 1.29 is 13.9 Å². The second kappa shape index (κ2) is 6.42. The zero-order valence-electron chi connectivity index (χ0n) is 9.85. The van der Waals surface area contributed by atoms with E-state index in [9.17, 15) is 4.79 Å². The zero-order chi connectivity index (χ0) is 11.9. The molecule has 1 aliphatic rings. The minimum Gasteiger partial charge on any atom is -0.472 e. The monoisotopic (exact) mass is 238 g/mol. The lowest BCUT2D eigenvalue weighted by atomic mass is 10.3. The quantitative estimate of drug-likeness (QED) is 0.764. The molecule has 0 bridgehead atoms. The normalized spacial score (nSPS) is 16.1. The fraction of sp³-hybridized carbons (Fsp3) is 0.583. The minimum atomic E-state index is 0.202. The molecule has 1 aliphatic heterocycles. The van der Waals surface area contributed by atoms with Crippen LogP contribution in [0.2, 0.25) is 0 Å². The molecule has 5 heteroatoms. The maximum atomic E-state index is 11.8. The summed E-state index contributed by atoms with van der Waals surface area (Å²) < 4.78 is 10.2. The maximum Gasteiger partial charge on any atom is 0.224 e. The van der Waals surface area contributed by atoms with Crippen molar-refractivity contribution in [3.05, 3.63) is 24.2 Å². The van der Waals surface area contributed by atoms with E-state index in [-0.39, 0.29) is 5.91 Å². The van der Waals surface area contributed by atoms with Crippen molar-refractivity contribution in [1.82, 2.24) is 10.2 Å². The lowest BCUT2D eigenvalue weighted by molar-refractivity contribution is -0.135. The molecule has 1 fully saturated rings. The minimum absolute atomic E-state index is 0.202. The van der Waals surface area contributed by atoms with Gasteiger partial charge in [-0.05, 0) is 6.07 Å². The van der Waals surface area contributed by atoms with Crippen LogP contribution in [-0.4, -0.2) is 43.7 Å². The largest absolute Gasteiger partial charge is 0.472 e. The van der Waals surface area contributed by atoms with Crippen molar-refractivity contribution in [2.75, 3.05) is 32.8 Å². The molecule has 1 saturated heterocycles. The van der Waals surface area contributed by atoms with Gasteiger partial charge in [0.25, 0.3) is 0 Å². The molecule has 1 N–H and O–H groups in total. The molecule has 0 radical (unpaired) electrons. The van der Waals surface area contributed by atoms with E-state index in [0.29, 0.717) is 26.2 Å². The Morgan fingerprint density at radius 1 is 1.41 bits per heavy atom. The van der Waals surface area contributed by atoms with Crippen molar-refractivity contribution in [3.8, 4) is 0 Å². The van der Waals surface area contributed by atoms with Crippen LogP contribution in [0, 0.1) is 0 Å². The van der Waals surface area contributed by atoms with Gasteiger partial charge in [0, 0.05) is 38.2 Å². The highest BCUT2D eigenvalue weighted by Crippen LogP contribution is 2.01. The maximum absolute atomic E-state index is 11.8. The lowest BCUT2D eigenvalue weighted by Crippen LogP contribution is -2.41. The Hall–Kier alpha value is -1.33. The third-order valence-corrected chi connectivity index (χ3v) is 2.79. The van der Waals surface area contributed by atoms with Crippen LogP contribution in [0.5, 0.6) is 0 Å². The molecule has 17 heavy (non-hydrogen) atoms. The van der Waals surface area contributed by atoms with Gasteiger partial charge >= 0.3 is 0 Å². The Morgan fingerprint density at radius 3 is 2.94 bits per heavy atom. The molecular weight excluding hydrogens is 220 g/mol. The molecule has 94 valence electrons. The first-order valence-corrected chi connectivity index (χ1v) is 5.93. The molecule has 1 aromatic heterocycles. The smallest absolute Gasteiger partial charge is 0.224 e. The Morgan fingerprint density at radius 2 is 2.24 bits per heavy atom. The van der Waals surface area contributed by atoms with Crippen LogP contribution in [0.15, 0.2) is 23.0 Å². The van der Waals surface area contributed by atoms with Crippen molar-refractivity contribution in [1.29, 1.82) is 0 Å². The number of nitrogens with zero attached hydrogens (tertiary/aromatic N) is 1. The summed E-state index contributed by atoms with van der Waals surface area (Å²) in [6, 6.07) is 1.91. The highest BCUT2D eigenvalue weighted by Gasteiger charge is 2.15. The second-order valence-electron chi connectivity index (χ2n) is 4.05. The average Bonchev–Trinajstić information content (AvgIpc) is 2.88. The van der Waals surface area contributed by atoms with Gasteiger partial charge < -0.3 is 19.4 Å². The van der Waals surface area contributed by atoms with E-state index in [1.54, 1.807) is 12.5 Å². The molecule has 0 atom stereocenters. The van der Waals surface area contributed by atoms with E-state index in [2.05, 4.69) is 5.32 Å². The first-order chi connectivity index (χ1) is 8.36. The number of rotatable bonds is 5. The van der Waals surface area contributed by atoms with Crippen LogP contribution in [-0.2, 0) is 16.1 Å². The molecule has 0 aromatic carbocycles. The van der Waals surface area contributed by atoms with Crippen LogP contribution < -0.4 is 5.32 Å². The van der Waals surface area contributed by atoms with Crippen molar-refractivity contribution >= 4 is 5.91 Å². The number of hydrogen-bond donors (Lipinski definition) is 1. The third-order valence-electron chi connectivity index (χ3n) is 2.79. The Balaban J connectivity index is 1.59. The number of morpholine rings is 1. The number of ether oxygens (including phenoxy) is 1. The van der Waals surface area contributed by atoms with E-state index in [4.69, 9.17) is 9.15 Å². The molecule has 5 nitrogen and oxygen atoms in total. The highest BCUT2D eigenvalue weighted by atomic mass is 16.5. The SMILES string of the molecule is O=C(CCNCc1ccoc1)N1CCOCC1. The van der Waals surface area contributed by atoms with Crippen LogP contribution in [0.3, 0.4) is 0 Å². The molecule has 0 unspecified atom stereocenters. The number of carbonyl (C=O) groups excluding carboxylic acids is 1. The van der Waals surface area contributed by atoms with Crippen molar-refractivity contribution in [2.45, 2.75) is 13.0 Å². The summed E-state index contributed by atoms with van der Waals surface area (Å²) in [5.41, 5.74) is 1.10. The summed E-state index contributed by atoms with van der Waals surface area (Å²) in [7, 11) is 0. The first kappa shape index (κ1) is 12.1. The number of nitrogens with one attached hydrogen (secondary N) is 1. The number of furan rings is 1. The molecule has 0 saturated carbocycles. The van der Waals surface area contributed by atoms with E-state index < -0.39 is 0 Å². The fourth-order valence-electron chi connectivity index (χ4n) is 1.79. The summed E-state index contributed by atoms with van der Waals surface area (Å²) in [6.07, 6.45) is 3.89. The molecule has 2 heterocycles. The molecule has 0 aliphatic carbocycles. The molecular formula is C12H18N2O3. The topological polar surface area (TPSA) is 54.7 Å². The molecule has 1 aromatic rings.